The number of carbonyl (C=O) groups is 2. The van der Waals surface area contributed by atoms with Crippen molar-refractivity contribution >= 4 is 23.5 Å². The summed E-state index contributed by atoms with van der Waals surface area (Å²) in [6.07, 6.45) is 11.5. The molecular formula is C22H24ClN3O5. The number of halogens is 1. The predicted molar refractivity (Wildman–Crippen MR) is 114 cm³/mol. The minimum atomic E-state index is -1.26. The highest BCUT2D eigenvalue weighted by molar-refractivity contribution is 6.30. The highest BCUT2D eigenvalue weighted by atomic mass is 35.5. The Morgan fingerprint density at radius 1 is 1.06 bits per heavy atom. The molecule has 2 aromatic heterocycles. The zero-order valence-corrected chi connectivity index (χ0v) is 17.6. The molecule has 2 fully saturated rings. The fourth-order valence-corrected chi connectivity index (χ4v) is 4.13. The number of carboxylic acids is 2. The van der Waals surface area contributed by atoms with Crippen LogP contribution in [0.1, 0.15) is 31.2 Å². The first-order valence-corrected chi connectivity index (χ1v) is 10.4. The van der Waals surface area contributed by atoms with Gasteiger partial charge in [0, 0.05) is 55.4 Å². The van der Waals surface area contributed by atoms with Gasteiger partial charge in [-0.05, 0) is 49.4 Å². The van der Waals surface area contributed by atoms with Gasteiger partial charge < -0.3 is 14.9 Å². The Hall–Kier alpha value is -2.97. The highest BCUT2D eigenvalue weighted by Crippen LogP contribution is 2.38. The van der Waals surface area contributed by atoms with Crippen LogP contribution in [-0.4, -0.2) is 55.2 Å². The molecule has 0 aromatic carbocycles. The summed E-state index contributed by atoms with van der Waals surface area (Å²) in [4.78, 5) is 30.1. The monoisotopic (exact) mass is 445 g/mol. The van der Waals surface area contributed by atoms with Gasteiger partial charge in [0.2, 0.25) is 5.88 Å². The molecule has 9 heteroatoms. The van der Waals surface area contributed by atoms with Crippen molar-refractivity contribution in [3.05, 3.63) is 65.6 Å². The largest absolute Gasteiger partial charge is 0.478 e. The third-order valence-corrected chi connectivity index (χ3v) is 5.54. The zero-order valence-electron chi connectivity index (χ0n) is 16.8. The van der Waals surface area contributed by atoms with Crippen molar-refractivity contribution in [3.8, 4) is 5.88 Å². The molecule has 0 amide bonds. The summed E-state index contributed by atoms with van der Waals surface area (Å²) in [6, 6.07) is 9.13. The molecule has 2 unspecified atom stereocenters. The number of pyridine rings is 2. The van der Waals surface area contributed by atoms with Crippen LogP contribution in [0.25, 0.3) is 0 Å². The lowest BCUT2D eigenvalue weighted by molar-refractivity contribution is -0.134. The molecule has 2 bridgehead atoms. The number of aliphatic carboxylic acids is 2. The van der Waals surface area contributed by atoms with Crippen molar-refractivity contribution in [2.75, 3.05) is 0 Å². The number of hydrogen-bond donors (Lipinski definition) is 2. The van der Waals surface area contributed by atoms with Crippen LogP contribution in [0.3, 0.4) is 0 Å². The van der Waals surface area contributed by atoms with Gasteiger partial charge in [0.15, 0.2) is 0 Å². The molecule has 2 saturated heterocycles. The van der Waals surface area contributed by atoms with Gasteiger partial charge in [-0.15, -0.1) is 0 Å². The van der Waals surface area contributed by atoms with Gasteiger partial charge in [0.05, 0.1) is 5.02 Å². The normalized spacial score (nSPS) is 22.5. The molecule has 164 valence electrons. The third kappa shape index (κ3) is 7.04. The number of hydrogen-bond acceptors (Lipinski definition) is 6. The summed E-state index contributed by atoms with van der Waals surface area (Å²) in [6.45, 7) is 1.02. The van der Waals surface area contributed by atoms with E-state index in [4.69, 9.17) is 26.6 Å². The number of fused-ring (bicyclic) bond motifs is 2. The third-order valence-electron chi connectivity index (χ3n) is 5.31. The van der Waals surface area contributed by atoms with Gasteiger partial charge in [-0.1, -0.05) is 11.6 Å². The minimum Gasteiger partial charge on any atom is -0.478 e. The van der Waals surface area contributed by atoms with Crippen LogP contribution in [0.4, 0.5) is 0 Å². The summed E-state index contributed by atoms with van der Waals surface area (Å²) in [5.74, 6) is -1.83. The first kappa shape index (κ1) is 22.7. The number of rotatable bonds is 6. The molecule has 2 atom stereocenters. The van der Waals surface area contributed by atoms with E-state index in [1.807, 2.05) is 24.5 Å². The maximum Gasteiger partial charge on any atom is 0.328 e. The Labute approximate surface area is 185 Å². The highest BCUT2D eigenvalue weighted by Gasteiger charge is 2.41. The number of aromatic nitrogens is 2. The van der Waals surface area contributed by atoms with E-state index >= 15 is 0 Å². The van der Waals surface area contributed by atoms with Crippen molar-refractivity contribution < 1.29 is 24.5 Å². The van der Waals surface area contributed by atoms with Crippen LogP contribution in [0.5, 0.6) is 5.88 Å². The van der Waals surface area contributed by atoms with Gasteiger partial charge in [0.1, 0.15) is 6.10 Å². The Morgan fingerprint density at radius 2 is 1.68 bits per heavy atom. The fourth-order valence-electron chi connectivity index (χ4n) is 4.02. The van der Waals surface area contributed by atoms with Crippen LogP contribution in [0, 0.1) is 0 Å². The molecule has 0 radical (unpaired) electrons. The van der Waals surface area contributed by atoms with E-state index in [0.717, 1.165) is 19.4 Å². The second kappa shape index (κ2) is 10.9. The van der Waals surface area contributed by atoms with E-state index < -0.39 is 11.9 Å². The second-order valence-electron chi connectivity index (χ2n) is 7.45. The maximum atomic E-state index is 9.55. The molecule has 2 aromatic rings. The number of nitrogens with zero attached hydrogens (tertiary/aromatic N) is 3. The van der Waals surface area contributed by atoms with Gasteiger partial charge in [-0.25, -0.2) is 14.6 Å². The SMILES string of the molecule is Clc1ccc(OC2CC3CCC(C2)N3Cc2ccncc2)nc1.O=C(O)/C=C/C(=O)O. The molecule has 0 spiro atoms. The smallest absolute Gasteiger partial charge is 0.328 e. The Kier molecular flexibility index (Phi) is 7.97. The molecule has 0 aliphatic carbocycles. The predicted octanol–water partition coefficient (Wildman–Crippen LogP) is 3.42. The maximum absolute atomic E-state index is 9.55. The lowest BCUT2D eigenvalue weighted by Gasteiger charge is -2.38. The molecule has 8 nitrogen and oxygen atoms in total. The van der Waals surface area contributed by atoms with E-state index in [9.17, 15) is 9.59 Å². The topological polar surface area (TPSA) is 113 Å². The summed E-state index contributed by atoms with van der Waals surface area (Å²) < 4.78 is 6.08. The lowest BCUT2D eigenvalue weighted by atomic mass is 9.99. The fraction of sp³-hybridized carbons (Fsp3) is 0.364. The Bertz CT molecular complexity index is 877. The van der Waals surface area contributed by atoms with Crippen LogP contribution < -0.4 is 4.74 Å². The van der Waals surface area contributed by atoms with E-state index in [2.05, 4.69) is 27.0 Å². The van der Waals surface area contributed by atoms with E-state index in [-0.39, 0.29) is 6.10 Å². The van der Waals surface area contributed by atoms with Crippen molar-refractivity contribution in [1.29, 1.82) is 0 Å². The van der Waals surface area contributed by atoms with Crippen LogP contribution in [-0.2, 0) is 16.1 Å². The van der Waals surface area contributed by atoms with E-state index in [0.29, 0.717) is 35.1 Å². The molecule has 2 aliphatic heterocycles. The molecular weight excluding hydrogens is 422 g/mol. The van der Waals surface area contributed by atoms with E-state index in [1.54, 1.807) is 6.20 Å². The second-order valence-corrected chi connectivity index (χ2v) is 7.88. The van der Waals surface area contributed by atoms with E-state index in [1.165, 1.54) is 18.4 Å². The number of carboxylic acid groups (broad SMARTS) is 2. The molecule has 2 N–H and O–H groups in total. The average molecular weight is 446 g/mol. The van der Waals surface area contributed by atoms with Gasteiger partial charge in [-0.2, -0.15) is 0 Å². The number of ether oxygens (including phenoxy) is 1. The standard InChI is InChI=1S/C18H20ClN3O.C4H4O4/c19-14-1-4-18(21-11-14)23-17-9-15-2-3-16(10-17)22(15)12-13-5-7-20-8-6-13;5-3(6)1-2-4(7)8/h1,4-8,11,15-17H,2-3,9-10,12H2;1-2H,(H,5,6)(H,7,8)/b;2-1+. The summed E-state index contributed by atoms with van der Waals surface area (Å²) in [5.41, 5.74) is 1.34. The van der Waals surface area contributed by atoms with Gasteiger partial charge >= 0.3 is 11.9 Å². The number of piperidine rings is 1. The molecule has 4 rings (SSSR count). The average Bonchev–Trinajstić information content (AvgIpc) is 2.97. The lowest BCUT2D eigenvalue weighted by Crippen LogP contribution is -2.45. The van der Waals surface area contributed by atoms with Gasteiger partial charge in [0.25, 0.3) is 0 Å². The molecule has 4 heterocycles. The Balaban J connectivity index is 0.000000293. The summed E-state index contributed by atoms with van der Waals surface area (Å²) in [5, 5.41) is 16.3. The van der Waals surface area contributed by atoms with Crippen molar-refractivity contribution in [1.82, 2.24) is 14.9 Å². The molecule has 2 aliphatic rings. The van der Waals surface area contributed by atoms with Gasteiger partial charge in [-0.3, -0.25) is 9.88 Å². The quantitative estimate of drug-likeness (QED) is 0.650. The van der Waals surface area contributed by atoms with Crippen LogP contribution >= 0.6 is 11.6 Å². The van der Waals surface area contributed by atoms with Crippen molar-refractivity contribution in [2.24, 2.45) is 0 Å². The van der Waals surface area contributed by atoms with Crippen LogP contribution in [0.15, 0.2) is 55.0 Å². The summed E-state index contributed by atoms with van der Waals surface area (Å²) >= 11 is 5.88. The van der Waals surface area contributed by atoms with Crippen molar-refractivity contribution in [2.45, 2.75) is 50.4 Å². The Morgan fingerprint density at radius 3 is 2.19 bits per heavy atom. The zero-order chi connectivity index (χ0) is 22.2. The minimum absolute atomic E-state index is 0.259. The first-order valence-electron chi connectivity index (χ1n) is 9.97. The summed E-state index contributed by atoms with van der Waals surface area (Å²) in [7, 11) is 0. The van der Waals surface area contributed by atoms with Crippen molar-refractivity contribution in [3.63, 3.8) is 0 Å². The van der Waals surface area contributed by atoms with Crippen LogP contribution in [0.2, 0.25) is 5.02 Å². The first-order chi connectivity index (χ1) is 14.9. The molecule has 0 saturated carbocycles. The molecule has 31 heavy (non-hydrogen) atoms.